The van der Waals surface area contributed by atoms with Gasteiger partial charge in [0.15, 0.2) is 0 Å². The summed E-state index contributed by atoms with van der Waals surface area (Å²) in [6.45, 7) is 6.12. The van der Waals surface area contributed by atoms with Crippen LogP contribution in [0.5, 0.6) is 0 Å². The van der Waals surface area contributed by atoms with Crippen LogP contribution in [0.15, 0.2) is 66.7 Å². The minimum absolute atomic E-state index is 0.0384. The third-order valence-corrected chi connectivity index (χ3v) is 7.11. The number of para-hydroxylation sites is 1. The van der Waals surface area contributed by atoms with Gasteiger partial charge in [-0.2, -0.15) is 0 Å². The van der Waals surface area contributed by atoms with E-state index in [0.717, 1.165) is 28.8 Å². The average molecular weight is 449 g/mol. The maximum absolute atomic E-state index is 13.2. The second kappa shape index (κ2) is 8.43. The van der Waals surface area contributed by atoms with E-state index in [1.54, 1.807) is 12.1 Å². The summed E-state index contributed by atoms with van der Waals surface area (Å²) in [4.78, 5) is 15.1. The van der Waals surface area contributed by atoms with E-state index in [1.807, 2.05) is 67.3 Å². The summed E-state index contributed by atoms with van der Waals surface area (Å²) < 4.78 is 26.6. The molecule has 1 atom stereocenters. The van der Waals surface area contributed by atoms with Gasteiger partial charge in [0.2, 0.25) is 10.0 Å². The third kappa shape index (κ3) is 4.28. The van der Waals surface area contributed by atoms with Crippen molar-refractivity contribution in [2.75, 3.05) is 15.5 Å². The molecule has 0 saturated heterocycles. The highest BCUT2D eigenvalue weighted by molar-refractivity contribution is 7.92. The Morgan fingerprint density at radius 1 is 1.03 bits per heavy atom. The number of nitrogens with zero attached hydrogens (tertiary/aromatic N) is 2. The molecule has 0 saturated carbocycles. The van der Waals surface area contributed by atoms with Crippen LogP contribution < -0.4 is 9.21 Å². The van der Waals surface area contributed by atoms with Crippen LogP contribution in [0.3, 0.4) is 0 Å². The number of sulfonamides is 1. The second-order valence-corrected chi connectivity index (χ2v) is 10.5. The van der Waals surface area contributed by atoms with Gasteiger partial charge in [-0.3, -0.25) is 9.10 Å². The molecular formula is C26H28N2O3S. The van der Waals surface area contributed by atoms with Crippen molar-refractivity contribution in [3.05, 3.63) is 94.5 Å². The molecule has 3 aromatic rings. The van der Waals surface area contributed by atoms with E-state index in [9.17, 15) is 13.2 Å². The van der Waals surface area contributed by atoms with Crippen LogP contribution in [0.2, 0.25) is 0 Å². The van der Waals surface area contributed by atoms with Crippen LogP contribution in [0.1, 0.15) is 39.5 Å². The number of fused-ring (bicyclic) bond motifs is 1. The number of carbonyl (C=O) groups is 1. The number of amides is 1. The molecule has 0 radical (unpaired) electrons. The predicted octanol–water partition coefficient (Wildman–Crippen LogP) is 4.86. The topological polar surface area (TPSA) is 57.7 Å². The molecule has 3 aromatic carbocycles. The SMILES string of the molecule is Cc1ccc(C)c(N(Cc2ccc(C(=O)N3c4ccccc4C[C@@H]3C)cc2)S(C)(=O)=O)c1. The minimum atomic E-state index is -3.48. The first-order valence-electron chi connectivity index (χ1n) is 10.7. The second-order valence-electron chi connectivity index (χ2n) is 8.61. The van der Waals surface area contributed by atoms with Crippen molar-refractivity contribution in [3.8, 4) is 0 Å². The van der Waals surface area contributed by atoms with Crippen molar-refractivity contribution in [2.24, 2.45) is 0 Å². The zero-order chi connectivity index (χ0) is 23.0. The molecule has 32 heavy (non-hydrogen) atoms. The largest absolute Gasteiger partial charge is 0.305 e. The first-order valence-corrected chi connectivity index (χ1v) is 12.6. The normalized spacial score (nSPS) is 15.5. The van der Waals surface area contributed by atoms with Crippen molar-refractivity contribution in [1.82, 2.24) is 0 Å². The maximum atomic E-state index is 13.2. The molecule has 0 spiro atoms. The Morgan fingerprint density at radius 2 is 1.72 bits per heavy atom. The van der Waals surface area contributed by atoms with Gasteiger partial charge in [0, 0.05) is 17.3 Å². The fraction of sp³-hybridized carbons (Fsp3) is 0.269. The molecule has 0 unspecified atom stereocenters. The lowest BCUT2D eigenvalue weighted by Gasteiger charge is -2.25. The smallest absolute Gasteiger partial charge is 0.258 e. The Hall–Kier alpha value is -3.12. The summed E-state index contributed by atoms with van der Waals surface area (Å²) in [7, 11) is -3.48. The first-order chi connectivity index (χ1) is 15.1. The number of hydrogen-bond acceptors (Lipinski definition) is 3. The van der Waals surface area contributed by atoms with Gasteiger partial charge in [0.1, 0.15) is 0 Å². The van der Waals surface area contributed by atoms with E-state index in [2.05, 4.69) is 13.0 Å². The van der Waals surface area contributed by atoms with Crippen molar-refractivity contribution in [3.63, 3.8) is 0 Å². The van der Waals surface area contributed by atoms with Crippen molar-refractivity contribution >= 4 is 27.3 Å². The van der Waals surface area contributed by atoms with E-state index >= 15 is 0 Å². The summed E-state index contributed by atoms with van der Waals surface area (Å²) in [5.41, 5.74) is 6.14. The summed E-state index contributed by atoms with van der Waals surface area (Å²) >= 11 is 0. The summed E-state index contributed by atoms with van der Waals surface area (Å²) in [5.74, 6) is -0.0384. The quantitative estimate of drug-likeness (QED) is 0.560. The predicted molar refractivity (Wildman–Crippen MR) is 130 cm³/mol. The monoisotopic (exact) mass is 448 g/mol. The molecule has 166 valence electrons. The highest BCUT2D eigenvalue weighted by Crippen LogP contribution is 2.33. The Bertz CT molecular complexity index is 1270. The Kier molecular flexibility index (Phi) is 5.82. The van der Waals surface area contributed by atoms with Gasteiger partial charge in [0.25, 0.3) is 5.91 Å². The number of carbonyl (C=O) groups excluding carboxylic acids is 1. The van der Waals surface area contributed by atoms with Gasteiger partial charge >= 0.3 is 0 Å². The maximum Gasteiger partial charge on any atom is 0.258 e. The van der Waals surface area contributed by atoms with Gasteiger partial charge in [-0.15, -0.1) is 0 Å². The lowest BCUT2D eigenvalue weighted by atomic mass is 10.1. The van der Waals surface area contributed by atoms with Crippen LogP contribution in [0.25, 0.3) is 0 Å². The Balaban J connectivity index is 1.59. The van der Waals surface area contributed by atoms with E-state index in [-0.39, 0.29) is 18.5 Å². The van der Waals surface area contributed by atoms with Crippen LogP contribution in [-0.2, 0) is 23.0 Å². The van der Waals surface area contributed by atoms with Crippen LogP contribution in [-0.4, -0.2) is 26.6 Å². The summed E-state index contributed by atoms with van der Waals surface area (Å²) in [5, 5.41) is 0. The van der Waals surface area contributed by atoms with Gasteiger partial charge in [-0.05, 0) is 73.7 Å². The third-order valence-electron chi connectivity index (χ3n) is 5.99. The van der Waals surface area contributed by atoms with Gasteiger partial charge < -0.3 is 4.90 Å². The van der Waals surface area contributed by atoms with Crippen LogP contribution in [0.4, 0.5) is 11.4 Å². The fourth-order valence-electron chi connectivity index (χ4n) is 4.30. The molecule has 0 N–H and O–H groups in total. The molecule has 1 aliphatic rings. The highest BCUT2D eigenvalue weighted by Gasteiger charge is 2.31. The zero-order valence-electron chi connectivity index (χ0n) is 18.9. The molecule has 6 heteroatoms. The average Bonchev–Trinajstić information content (AvgIpc) is 3.08. The molecule has 1 heterocycles. The standard InChI is InChI=1S/C26H28N2O3S/c1-18-9-10-19(2)25(15-18)27(32(4,30)31)17-21-11-13-22(14-12-21)26(29)28-20(3)16-23-7-5-6-8-24(23)28/h5-15,20H,16-17H2,1-4H3/t20-/m0/s1. The highest BCUT2D eigenvalue weighted by atomic mass is 32.2. The molecule has 0 fully saturated rings. The number of hydrogen-bond donors (Lipinski definition) is 0. The van der Waals surface area contributed by atoms with Crippen LogP contribution in [0, 0.1) is 13.8 Å². The number of aryl methyl sites for hydroxylation is 2. The number of anilines is 2. The first kappa shape index (κ1) is 22.1. The molecule has 1 amide bonds. The molecule has 0 aliphatic carbocycles. The zero-order valence-corrected chi connectivity index (χ0v) is 19.7. The molecule has 4 rings (SSSR count). The van der Waals surface area contributed by atoms with Crippen LogP contribution >= 0.6 is 0 Å². The van der Waals surface area contributed by atoms with Gasteiger partial charge in [0.05, 0.1) is 18.5 Å². The van der Waals surface area contributed by atoms with Gasteiger partial charge in [-0.1, -0.05) is 42.5 Å². The molecule has 5 nitrogen and oxygen atoms in total. The molecule has 1 aliphatic heterocycles. The Morgan fingerprint density at radius 3 is 2.41 bits per heavy atom. The summed E-state index contributed by atoms with van der Waals surface area (Å²) in [6, 6.07) is 21.1. The van der Waals surface area contributed by atoms with Crippen molar-refractivity contribution in [2.45, 2.75) is 39.8 Å². The van der Waals surface area contributed by atoms with Gasteiger partial charge in [-0.25, -0.2) is 8.42 Å². The van der Waals surface area contributed by atoms with E-state index < -0.39 is 10.0 Å². The lowest BCUT2D eigenvalue weighted by Crippen LogP contribution is -2.35. The number of benzene rings is 3. The number of rotatable bonds is 5. The lowest BCUT2D eigenvalue weighted by molar-refractivity contribution is 0.0981. The molecule has 0 aromatic heterocycles. The molecule has 0 bridgehead atoms. The molecular weight excluding hydrogens is 420 g/mol. The van der Waals surface area contributed by atoms with E-state index in [0.29, 0.717) is 11.3 Å². The van der Waals surface area contributed by atoms with E-state index in [1.165, 1.54) is 16.1 Å². The summed E-state index contributed by atoms with van der Waals surface area (Å²) in [6.07, 6.45) is 2.07. The van der Waals surface area contributed by atoms with Crippen molar-refractivity contribution < 1.29 is 13.2 Å². The van der Waals surface area contributed by atoms with E-state index in [4.69, 9.17) is 0 Å². The Labute approximate surface area is 190 Å². The van der Waals surface area contributed by atoms with Crippen molar-refractivity contribution in [1.29, 1.82) is 0 Å². The fourth-order valence-corrected chi connectivity index (χ4v) is 5.24. The minimum Gasteiger partial charge on any atom is -0.305 e.